The third kappa shape index (κ3) is 1.41. The molecular weight excluding hydrogens is 268 g/mol. The van der Waals surface area contributed by atoms with E-state index in [1.807, 2.05) is 16.8 Å². The maximum atomic E-state index is 5.45. The summed E-state index contributed by atoms with van der Waals surface area (Å²) in [6.45, 7) is 3.39. The zero-order valence-corrected chi connectivity index (χ0v) is 10.5. The number of ether oxygens (including phenoxy) is 1. The van der Waals surface area contributed by atoms with E-state index < -0.39 is 0 Å². The third-order valence-corrected chi connectivity index (χ3v) is 3.51. The van der Waals surface area contributed by atoms with Crippen LogP contribution >= 0.6 is 15.9 Å². The van der Waals surface area contributed by atoms with Crippen LogP contribution in [-0.2, 0) is 18.0 Å². The molecule has 0 N–H and O–H groups in total. The van der Waals surface area contributed by atoms with E-state index >= 15 is 0 Å². The number of hydrogen-bond donors (Lipinski definition) is 0. The number of fused-ring (bicyclic) bond motifs is 1. The smallest absolute Gasteiger partial charge is 0.134 e. The second-order valence-electron chi connectivity index (χ2n) is 3.91. The zero-order chi connectivity index (χ0) is 11.1. The number of hydrogen-bond acceptors (Lipinski definition) is 2. The molecule has 1 aliphatic heterocycles. The Balaban J connectivity index is 2.21. The van der Waals surface area contributed by atoms with Gasteiger partial charge in [-0.15, -0.1) is 0 Å². The summed E-state index contributed by atoms with van der Waals surface area (Å²) in [6.07, 6.45) is 0. The van der Waals surface area contributed by atoms with Crippen LogP contribution in [0.1, 0.15) is 16.8 Å². The topological polar surface area (TPSA) is 27.1 Å². The van der Waals surface area contributed by atoms with Crippen LogP contribution in [0.25, 0.3) is 5.69 Å². The molecule has 0 saturated carbocycles. The Morgan fingerprint density at radius 1 is 1.31 bits per heavy atom. The first kappa shape index (κ1) is 10.1. The summed E-state index contributed by atoms with van der Waals surface area (Å²) < 4.78 is 8.31. The van der Waals surface area contributed by atoms with Gasteiger partial charge >= 0.3 is 0 Å². The van der Waals surface area contributed by atoms with E-state index in [0.29, 0.717) is 13.2 Å². The first-order valence-corrected chi connectivity index (χ1v) is 5.96. The quantitative estimate of drug-likeness (QED) is 0.802. The van der Waals surface area contributed by atoms with Crippen molar-refractivity contribution >= 4 is 15.9 Å². The average molecular weight is 279 g/mol. The molecule has 0 unspecified atom stereocenters. The molecule has 0 amide bonds. The van der Waals surface area contributed by atoms with Crippen LogP contribution in [0.2, 0.25) is 0 Å². The van der Waals surface area contributed by atoms with Gasteiger partial charge in [0.05, 0.1) is 24.6 Å². The molecule has 3 nitrogen and oxygen atoms in total. The molecule has 2 heterocycles. The van der Waals surface area contributed by atoms with Crippen LogP contribution in [0.5, 0.6) is 0 Å². The lowest BCUT2D eigenvalue weighted by atomic mass is 10.2. The van der Waals surface area contributed by atoms with E-state index in [-0.39, 0.29) is 0 Å². The number of rotatable bonds is 1. The van der Waals surface area contributed by atoms with Gasteiger partial charge in [-0.05, 0) is 34.5 Å². The summed E-state index contributed by atoms with van der Waals surface area (Å²) in [5, 5.41) is 4.52. The monoisotopic (exact) mass is 278 g/mol. The zero-order valence-electron chi connectivity index (χ0n) is 8.90. The van der Waals surface area contributed by atoms with Gasteiger partial charge in [0.2, 0.25) is 0 Å². The van der Waals surface area contributed by atoms with Gasteiger partial charge < -0.3 is 4.74 Å². The fourth-order valence-electron chi connectivity index (χ4n) is 2.00. The molecule has 82 valence electrons. The lowest BCUT2D eigenvalue weighted by Gasteiger charge is -2.07. The van der Waals surface area contributed by atoms with E-state index in [4.69, 9.17) is 4.74 Å². The summed E-state index contributed by atoms with van der Waals surface area (Å²) in [5.41, 5.74) is 4.66. The summed E-state index contributed by atoms with van der Waals surface area (Å²) >= 11 is 3.48. The highest BCUT2D eigenvalue weighted by Crippen LogP contribution is 2.29. The van der Waals surface area contributed by atoms with E-state index in [1.54, 1.807) is 0 Å². The highest BCUT2D eigenvalue weighted by Gasteiger charge is 2.22. The minimum atomic E-state index is 0.641. The molecule has 0 radical (unpaired) electrons. The van der Waals surface area contributed by atoms with Crippen molar-refractivity contribution < 1.29 is 4.74 Å². The van der Waals surface area contributed by atoms with Crippen LogP contribution in [0.3, 0.4) is 0 Å². The van der Waals surface area contributed by atoms with Crippen molar-refractivity contribution in [2.45, 2.75) is 20.1 Å². The molecule has 0 fully saturated rings. The van der Waals surface area contributed by atoms with Gasteiger partial charge in [0, 0.05) is 5.56 Å². The largest absolute Gasteiger partial charge is 0.370 e. The maximum absolute atomic E-state index is 5.45. The SMILES string of the molecule is Cc1ccccc1-n1nc(Br)c2c1COC2. The number of aryl methyl sites for hydroxylation is 1. The molecule has 0 atom stereocenters. The average Bonchev–Trinajstić information content (AvgIpc) is 2.84. The Bertz CT molecular complexity index is 548. The number of benzene rings is 1. The molecule has 3 rings (SSSR count). The summed E-state index contributed by atoms with van der Waals surface area (Å²) in [7, 11) is 0. The second-order valence-corrected chi connectivity index (χ2v) is 4.66. The van der Waals surface area contributed by atoms with E-state index in [1.165, 1.54) is 11.1 Å². The van der Waals surface area contributed by atoms with E-state index in [2.05, 4.69) is 40.1 Å². The van der Waals surface area contributed by atoms with Crippen LogP contribution in [0.15, 0.2) is 28.9 Å². The standard InChI is InChI=1S/C12H11BrN2O/c1-8-4-2-3-5-10(8)15-11-7-16-6-9(11)12(13)14-15/h2-5H,6-7H2,1H3. The fourth-order valence-corrected chi connectivity index (χ4v) is 2.50. The van der Waals surface area contributed by atoms with Gasteiger partial charge in [-0.3, -0.25) is 0 Å². The number of aromatic nitrogens is 2. The van der Waals surface area contributed by atoms with Gasteiger partial charge in [0.25, 0.3) is 0 Å². The van der Waals surface area contributed by atoms with Crippen LogP contribution < -0.4 is 0 Å². The van der Waals surface area contributed by atoms with Crippen LogP contribution in [0.4, 0.5) is 0 Å². The van der Waals surface area contributed by atoms with Gasteiger partial charge in [0.15, 0.2) is 0 Å². The van der Waals surface area contributed by atoms with Gasteiger partial charge in [-0.1, -0.05) is 18.2 Å². The first-order chi connectivity index (χ1) is 7.77. The molecule has 0 bridgehead atoms. The molecule has 0 spiro atoms. The number of para-hydroxylation sites is 1. The first-order valence-electron chi connectivity index (χ1n) is 5.17. The number of nitrogens with zero attached hydrogens (tertiary/aromatic N) is 2. The van der Waals surface area contributed by atoms with Crippen molar-refractivity contribution in [2.75, 3.05) is 0 Å². The Labute approximate surface area is 102 Å². The highest BCUT2D eigenvalue weighted by atomic mass is 79.9. The van der Waals surface area contributed by atoms with Crippen LogP contribution in [0, 0.1) is 6.92 Å². The number of halogens is 1. The molecule has 1 aromatic heterocycles. The van der Waals surface area contributed by atoms with Crippen molar-refractivity contribution in [3.8, 4) is 5.69 Å². The maximum Gasteiger partial charge on any atom is 0.134 e. The highest BCUT2D eigenvalue weighted by molar-refractivity contribution is 9.10. The van der Waals surface area contributed by atoms with Gasteiger partial charge in [-0.2, -0.15) is 5.10 Å². The third-order valence-electron chi connectivity index (χ3n) is 2.87. The Kier molecular flexibility index (Phi) is 2.33. The van der Waals surface area contributed by atoms with E-state index in [9.17, 15) is 0 Å². The minimum absolute atomic E-state index is 0.641. The lowest BCUT2D eigenvalue weighted by Crippen LogP contribution is -2.03. The van der Waals surface area contributed by atoms with Crippen molar-refractivity contribution in [1.29, 1.82) is 0 Å². The van der Waals surface area contributed by atoms with Gasteiger partial charge in [0.1, 0.15) is 4.60 Å². The van der Waals surface area contributed by atoms with Crippen molar-refractivity contribution in [3.63, 3.8) is 0 Å². The normalized spacial score (nSPS) is 14.1. The summed E-state index contributed by atoms with van der Waals surface area (Å²) in [6, 6.07) is 8.23. The summed E-state index contributed by atoms with van der Waals surface area (Å²) in [5.74, 6) is 0. The second kappa shape index (κ2) is 3.71. The van der Waals surface area contributed by atoms with Gasteiger partial charge in [-0.25, -0.2) is 4.68 Å². The predicted octanol–water partition coefficient (Wildman–Crippen LogP) is 2.97. The fraction of sp³-hybridized carbons (Fsp3) is 0.250. The van der Waals surface area contributed by atoms with Crippen molar-refractivity contribution in [3.05, 3.63) is 45.7 Å². The van der Waals surface area contributed by atoms with E-state index in [0.717, 1.165) is 16.0 Å². The molecule has 1 aliphatic rings. The summed E-state index contributed by atoms with van der Waals surface area (Å²) in [4.78, 5) is 0. The predicted molar refractivity (Wildman–Crippen MR) is 64.5 cm³/mol. The Hall–Kier alpha value is -1.13. The Morgan fingerprint density at radius 3 is 2.94 bits per heavy atom. The molecule has 0 aliphatic carbocycles. The molecule has 0 saturated heterocycles. The van der Waals surface area contributed by atoms with Crippen molar-refractivity contribution in [1.82, 2.24) is 9.78 Å². The minimum Gasteiger partial charge on any atom is -0.370 e. The lowest BCUT2D eigenvalue weighted by molar-refractivity contribution is 0.130. The molecule has 1 aromatic carbocycles. The molecular formula is C12H11BrN2O. The Morgan fingerprint density at radius 2 is 2.12 bits per heavy atom. The molecule has 2 aromatic rings. The molecule has 16 heavy (non-hydrogen) atoms. The van der Waals surface area contributed by atoms with Crippen molar-refractivity contribution in [2.24, 2.45) is 0 Å². The van der Waals surface area contributed by atoms with Crippen LogP contribution in [-0.4, -0.2) is 9.78 Å². The molecule has 4 heteroatoms.